The second kappa shape index (κ2) is 5.45. The Morgan fingerprint density at radius 3 is 2.62 bits per heavy atom. The second-order valence-electron chi connectivity index (χ2n) is 5.07. The van der Waals surface area contributed by atoms with Gasteiger partial charge in [-0.3, -0.25) is 4.79 Å². The number of hydrogen-bond acceptors (Lipinski definition) is 3. The minimum Gasteiger partial charge on any atom is -0.481 e. The summed E-state index contributed by atoms with van der Waals surface area (Å²) in [6.07, 6.45) is 0. The van der Waals surface area contributed by atoms with Crippen LogP contribution in [0.5, 0.6) is 0 Å². The Bertz CT molecular complexity index is 699. The van der Waals surface area contributed by atoms with Crippen molar-refractivity contribution in [2.45, 2.75) is 29.6 Å². The zero-order valence-electron chi connectivity index (χ0n) is 12.0. The maximum atomic E-state index is 11.4. The lowest BCUT2D eigenvalue weighted by atomic mass is 10.00. The Labute approximate surface area is 128 Å². The van der Waals surface area contributed by atoms with Gasteiger partial charge in [-0.2, -0.15) is 0 Å². The molecule has 1 N–H and O–H groups in total. The van der Waals surface area contributed by atoms with Crippen molar-refractivity contribution >= 4 is 29.1 Å². The number of aliphatic carboxylic acids is 1. The number of fused-ring (bicyclic) bond motifs is 2. The lowest BCUT2D eigenvalue weighted by Crippen LogP contribution is -2.21. The van der Waals surface area contributed by atoms with Crippen LogP contribution in [0.2, 0.25) is 0 Å². The maximum Gasteiger partial charge on any atom is 0.310 e. The van der Waals surface area contributed by atoms with E-state index in [1.807, 2.05) is 24.3 Å². The molecule has 1 unspecified atom stereocenters. The summed E-state index contributed by atoms with van der Waals surface area (Å²) in [7, 11) is 0. The number of carboxylic acids is 1. The molecule has 0 aliphatic carbocycles. The van der Waals surface area contributed by atoms with Crippen LogP contribution in [0.4, 0.5) is 11.4 Å². The van der Waals surface area contributed by atoms with E-state index >= 15 is 0 Å². The molecule has 108 valence electrons. The van der Waals surface area contributed by atoms with E-state index in [4.69, 9.17) is 0 Å². The van der Waals surface area contributed by atoms with Gasteiger partial charge < -0.3 is 10.0 Å². The molecular formula is C17H17NO2S. The molecule has 0 bridgehead atoms. The quantitative estimate of drug-likeness (QED) is 0.906. The third-order valence-corrected chi connectivity index (χ3v) is 5.05. The molecule has 2 aromatic carbocycles. The average Bonchev–Trinajstić information content (AvgIpc) is 2.51. The van der Waals surface area contributed by atoms with Gasteiger partial charge in [-0.1, -0.05) is 36.0 Å². The average molecular weight is 299 g/mol. The Morgan fingerprint density at radius 2 is 1.90 bits per heavy atom. The number of hydrogen-bond donors (Lipinski definition) is 1. The second-order valence-corrected chi connectivity index (χ2v) is 6.12. The van der Waals surface area contributed by atoms with E-state index in [0.717, 1.165) is 22.7 Å². The predicted molar refractivity (Wildman–Crippen MR) is 85.7 cm³/mol. The minimum absolute atomic E-state index is 0.503. The predicted octanol–water partition coefficient (Wildman–Crippen LogP) is 4.50. The van der Waals surface area contributed by atoms with Crippen LogP contribution < -0.4 is 4.90 Å². The van der Waals surface area contributed by atoms with E-state index in [0.29, 0.717) is 0 Å². The zero-order chi connectivity index (χ0) is 15.0. The van der Waals surface area contributed by atoms with Crippen LogP contribution in [0.25, 0.3) is 0 Å². The Balaban J connectivity index is 2.17. The van der Waals surface area contributed by atoms with Crippen molar-refractivity contribution in [2.24, 2.45) is 0 Å². The first kappa shape index (κ1) is 14.0. The monoisotopic (exact) mass is 299 g/mol. The highest BCUT2D eigenvalue weighted by Crippen LogP contribution is 2.50. The third-order valence-electron chi connectivity index (χ3n) is 3.84. The molecule has 1 aliphatic heterocycles. The smallest absolute Gasteiger partial charge is 0.310 e. The zero-order valence-corrected chi connectivity index (χ0v) is 12.9. The van der Waals surface area contributed by atoms with Crippen molar-refractivity contribution < 1.29 is 9.90 Å². The van der Waals surface area contributed by atoms with Gasteiger partial charge in [0.2, 0.25) is 0 Å². The molecule has 0 fully saturated rings. The summed E-state index contributed by atoms with van der Waals surface area (Å²) in [6.45, 7) is 4.72. The van der Waals surface area contributed by atoms with Gasteiger partial charge in [0.15, 0.2) is 0 Å². The number of benzene rings is 2. The van der Waals surface area contributed by atoms with Gasteiger partial charge in [-0.15, -0.1) is 0 Å². The standard InChI is InChI=1S/C17H17NO2S/c1-3-18-13-8-4-5-10-15(13)21-16-12(11(2)17(19)20)7-6-9-14(16)18/h4-11H,3H2,1-2H3,(H,19,20). The molecule has 2 aromatic rings. The molecule has 1 aliphatic rings. The SMILES string of the molecule is CCN1c2ccccc2Sc2c(C(C)C(=O)O)cccc21. The highest BCUT2D eigenvalue weighted by atomic mass is 32.2. The topological polar surface area (TPSA) is 40.5 Å². The minimum atomic E-state index is -0.786. The summed E-state index contributed by atoms with van der Waals surface area (Å²) in [5, 5.41) is 9.33. The van der Waals surface area contributed by atoms with E-state index in [9.17, 15) is 9.90 Å². The molecule has 3 nitrogen and oxygen atoms in total. The van der Waals surface area contributed by atoms with Crippen molar-refractivity contribution in [3.8, 4) is 0 Å². The van der Waals surface area contributed by atoms with Gasteiger partial charge in [-0.05, 0) is 37.6 Å². The molecule has 0 saturated carbocycles. The lowest BCUT2D eigenvalue weighted by Gasteiger charge is -2.33. The van der Waals surface area contributed by atoms with E-state index in [-0.39, 0.29) is 0 Å². The van der Waals surface area contributed by atoms with E-state index in [2.05, 4.69) is 30.0 Å². The molecule has 0 amide bonds. The number of nitrogens with zero attached hydrogens (tertiary/aromatic N) is 1. The largest absolute Gasteiger partial charge is 0.481 e. The van der Waals surface area contributed by atoms with Crippen molar-refractivity contribution in [3.63, 3.8) is 0 Å². The summed E-state index contributed by atoms with van der Waals surface area (Å²) >= 11 is 1.67. The van der Waals surface area contributed by atoms with Crippen LogP contribution in [0.1, 0.15) is 25.3 Å². The Kier molecular flexibility index (Phi) is 3.64. The number of para-hydroxylation sites is 1. The highest BCUT2D eigenvalue weighted by molar-refractivity contribution is 7.99. The molecule has 4 heteroatoms. The van der Waals surface area contributed by atoms with E-state index in [1.54, 1.807) is 18.7 Å². The first-order chi connectivity index (χ1) is 10.1. The molecule has 0 saturated heterocycles. The third kappa shape index (κ3) is 2.29. The highest BCUT2D eigenvalue weighted by Gasteiger charge is 2.27. The lowest BCUT2D eigenvalue weighted by molar-refractivity contribution is -0.138. The molecule has 0 radical (unpaired) electrons. The van der Waals surface area contributed by atoms with E-state index < -0.39 is 11.9 Å². The van der Waals surface area contributed by atoms with Gasteiger partial charge in [0, 0.05) is 16.3 Å². The fraction of sp³-hybridized carbons (Fsp3) is 0.235. The van der Waals surface area contributed by atoms with Crippen molar-refractivity contribution in [2.75, 3.05) is 11.4 Å². The Hall–Kier alpha value is -1.94. The molecule has 0 aromatic heterocycles. The van der Waals surface area contributed by atoms with Crippen molar-refractivity contribution in [3.05, 3.63) is 48.0 Å². The molecule has 0 spiro atoms. The van der Waals surface area contributed by atoms with Crippen LogP contribution in [0.3, 0.4) is 0 Å². The summed E-state index contributed by atoms with van der Waals surface area (Å²) in [6, 6.07) is 14.2. The molecule has 21 heavy (non-hydrogen) atoms. The normalized spacial score (nSPS) is 14.3. The van der Waals surface area contributed by atoms with Crippen molar-refractivity contribution in [1.29, 1.82) is 0 Å². The molecule has 3 rings (SSSR count). The summed E-state index contributed by atoms with van der Waals surface area (Å²) in [4.78, 5) is 15.8. The fourth-order valence-corrected chi connectivity index (χ4v) is 3.98. The molecular weight excluding hydrogens is 282 g/mol. The fourth-order valence-electron chi connectivity index (χ4n) is 2.69. The van der Waals surface area contributed by atoms with Crippen LogP contribution in [-0.2, 0) is 4.79 Å². The maximum absolute atomic E-state index is 11.4. The Morgan fingerprint density at radius 1 is 1.19 bits per heavy atom. The number of anilines is 2. The van der Waals surface area contributed by atoms with E-state index in [1.165, 1.54) is 10.6 Å². The summed E-state index contributed by atoms with van der Waals surface area (Å²) in [5.74, 6) is -1.29. The molecule has 1 atom stereocenters. The van der Waals surface area contributed by atoms with Gasteiger partial charge >= 0.3 is 5.97 Å². The van der Waals surface area contributed by atoms with Crippen LogP contribution in [0, 0.1) is 0 Å². The first-order valence-electron chi connectivity index (χ1n) is 7.03. The van der Waals surface area contributed by atoms with Gasteiger partial charge in [0.25, 0.3) is 0 Å². The molecule has 1 heterocycles. The van der Waals surface area contributed by atoms with Crippen LogP contribution in [-0.4, -0.2) is 17.6 Å². The summed E-state index contributed by atoms with van der Waals surface area (Å²) in [5.41, 5.74) is 3.18. The van der Waals surface area contributed by atoms with Gasteiger partial charge in [-0.25, -0.2) is 0 Å². The van der Waals surface area contributed by atoms with Gasteiger partial charge in [0.1, 0.15) is 0 Å². The summed E-state index contributed by atoms with van der Waals surface area (Å²) < 4.78 is 0. The van der Waals surface area contributed by atoms with Gasteiger partial charge in [0.05, 0.1) is 17.3 Å². The number of carbonyl (C=O) groups is 1. The van der Waals surface area contributed by atoms with Crippen LogP contribution >= 0.6 is 11.8 Å². The number of carboxylic acid groups (broad SMARTS) is 1. The van der Waals surface area contributed by atoms with Crippen molar-refractivity contribution in [1.82, 2.24) is 0 Å². The first-order valence-corrected chi connectivity index (χ1v) is 7.85. The van der Waals surface area contributed by atoms with Crippen LogP contribution in [0.15, 0.2) is 52.3 Å². The number of rotatable bonds is 3.